The van der Waals surface area contributed by atoms with Crippen LogP contribution in [-0.2, 0) is 4.74 Å². The van der Waals surface area contributed by atoms with Crippen LogP contribution in [0.3, 0.4) is 0 Å². The smallest absolute Gasteiger partial charge is 0.147 e. The number of hydrogen-bond acceptors (Lipinski definition) is 3. The van der Waals surface area contributed by atoms with Crippen LogP contribution in [0.5, 0.6) is 0 Å². The molecule has 0 saturated heterocycles. The zero-order valence-electron chi connectivity index (χ0n) is 4.22. The quantitative estimate of drug-likeness (QED) is 0.491. The predicted molar refractivity (Wildman–Crippen MR) is 24.4 cm³/mol. The lowest BCUT2D eigenvalue weighted by atomic mass is 10.4. The Morgan fingerprint density at radius 1 is 1.43 bits per heavy atom. The van der Waals surface area contributed by atoms with Gasteiger partial charge in [0.15, 0.2) is 0 Å². The van der Waals surface area contributed by atoms with Gasteiger partial charge < -0.3 is 14.9 Å². The Morgan fingerprint density at radius 2 is 1.86 bits per heavy atom. The van der Waals surface area contributed by atoms with Gasteiger partial charge in [-0.15, -0.1) is 0 Å². The summed E-state index contributed by atoms with van der Waals surface area (Å²) in [6, 6.07) is 0. The largest absolute Gasteiger partial charge is 0.393 e. The first kappa shape index (κ1) is 6.88. The summed E-state index contributed by atoms with van der Waals surface area (Å²) < 4.78 is 4.47. The topological polar surface area (TPSA) is 49.7 Å². The molecule has 43 valence electrons. The first-order valence-corrected chi connectivity index (χ1v) is 1.95. The van der Waals surface area contributed by atoms with Crippen molar-refractivity contribution in [3.8, 4) is 0 Å². The zero-order chi connectivity index (χ0) is 5.70. The van der Waals surface area contributed by atoms with Gasteiger partial charge in [0.1, 0.15) is 6.10 Å². The summed E-state index contributed by atoms with van der Waals surface area (Å²) in [5.74, 6) is 0. The van der Waals surface area contributed by atoms with Crippen molar-refractivity contribution >= 4 is 0 Å². The fourth-order valence-electron chi connectivity index (χ4n) is 0.179. The third-order valence-corrected chi connectivity index (χ3v) is 0.641. The Bertz CT molecular complexity index is 28.4. The van der Waals surface area contributed by atoms with Crippen LogP contribution in [0, 0.1) is 6.10 Å². The van der Waals surface area contributed by atoms with Gasteiger partial charge in [0.25, 0.3) is 0 Å². The Morgan fingerprint density at radius 3 is 1.86 bits per heavy atom. The first-order valence-electron chi connectivity index (χ1n) is 1.95. The number of aliphatic hydroxyl groups excluding tert-OH is 2. The highest BCUT2D eigenvalue weighted by molar-refractivity contribution is 4.73. The summed E-state index contributed by atoms with van der Waals surface area (Å²) >= 11 is 0. The summed E-state index contributed by atoms with van der Waals surface area (Å²) in [6.45, 7) is -0.403. The number of methoxy groups -OCH3 is 1. The molecule has 0 atom stereocenters. The van der Waals surface area contributed by atoms with E-state index in [1.165, 1.54) is 7.11 Å². The van der Waals surface area contributed by atoms with Gasteiger partial charge in [-0.1, -0.05) is 0 Å². The summed E-state index contributed by atoms with van der Waals surface area (Å²) in [4.78, 5) is 0. The molecule has 0 aromatic rings. The van der Waals surface area contributed by atoms with E-state index in [9.17, 15) is 0 Å². The van der Waals surface area contributed by atoms with E-state index in [2.05, 4.69) is 4.74 Å². The molecular weight excluding hydrogens is 96.0 g/mol. The van der Waals surface area contributed by atoms with Crippen LogP contribution in [0.2, 0.25) is 0 Å². The van der Waals surface area contributed by atoms with Gasteiger partial charge in [0.2, 0.25) is 0 Å². The molecule has 0 bridgehead atoms. The Balaban J connectivity index is 2.99. The van der Waals surface area contributed by atoms with Crippen molar-refractivity contribution in [3.63, 3.8) is 0 Å². The minimum Gasteiger partial charge on any atom is -0.393 e. The van der Waals surface area contributed by atoms with E-state index in [1.807, 2.05) is 0 Å². The van der Waals surface area contributed by atoms with Gasteiger partial charge in [0.05, 0.1) is 13.2 Å². The fraction of sp³-hybridized carbons (Fsp3) is 0.750. The molecule has 0 saturated carbocycles. The second-order valence-electron chi connectivity index (χ2n) is 1.06. The third kappa shape index (κ3) is 2.56. The lowest BCUT2D eigenvalue weighted by molar-refractivity contribution is 0.0907. The molecule has 0 aromatic heterocycles. The molecule has 0 aromatic carbocycles. The highest BCUT2D eigenvalue weighted by Gasteiger charge is 2.01. The lowest BCUT2D eigenvalue weighted by Crippen LogP contribution is -2.09. The van der Waals surface area contributed by atoms with Crippen molar-refractivity contribution < 1.29 is 14.9 Å². The highest BCUT2D eigenvalue weighted by atomic mass is 16.5. The van der Waals surface area contributed by atoms with Crippen LogP contribution < -0.4 is 0 Å². The van der Waals surface area contributed by atoms with Crippen LogP contribution in [0.25, 0.3) is 0 Å². The van der Waals surface area contributed by atoms with Gasteiger partial charge in [-0.3, -0.25) is 0 Å². The molecule has 0 spiro atoms. The molecule has 3 heteroatoms. The molecular formula is C4H9O3. The molecule has 3 nitrogen and oxygen atoms in total. The Labute approximate surface area is 42.5 Å². The number of rotatable bonds is 3. The summed E-state index contributed by atoms with van der Waals surface area (Å²) in [6.07, 6.45) is 0.292. The average Bonchev–Trinajstić information content (AvgIpc) is 1.72. The van der Waals surface area contributed by atoms with E-state index in [-0.39, 0.29) is 13.2 Å². The first-order chi connectivity index (χ1) is 3.35. The number of aliphatic hydroxyl groups is 2. The standard InChI is InChI=1S/C4H9O3/c1-7-4(2-5)3-6/h5-6H,2-3H2,1H3. The second kappa shape index (κ2) is 4.05. The molecule has 0 unspecified atom stereocenters. The molecule has 0 aliphatic carbocycles. The normalized spacial score (nSPS) is 10.3. The van der Waals surface area contributed by atoms with Gasteiger partial charge in [0, 0.05) is 7.11 Å². The van der Waals surface area contributed by atoms with E-state index in [1.54, 1.807) is 0 Å². The molecule has 7 heavy (non-hydrogen) atoms. The molecule has 0 rings (SSSR count). The maximum atomic E-state index is 8.20. The van der Waals surface area contributed by atoms with Crippen molar-refractivity contribution in [1.82, 2.24) is 0 Å². The average molecular weight is 105 g/mol. The van der Waals surface area contributed by atoms with Gasteiger partial charge in [-0.25, -0.2) is 0 Å². The van der Waals surface area contributed by atoms with Crippen LogP contribution in [-0.4, -0.2) is 30.5 Å². The van der Waals surface area contributed by atoms with Crippen LogP contribution in [0.1, 0.15) is 0 Å². The SMILES string of the molecule is CO[C](CO)CO. The Hall–Kier alpha value is -0.120. The van der Waals surface area contributed by atoms with Crippen LogP contribution >= 0.6 is 0 Å². The predicted octanol–water partition coefficient (Wildman–Crippen LogP) is -0.851. The molecule has 0 aliphatic heterocycles. The summed E-state index contributed by atoms with van der Waals surface area (Å²) in [5.41, 5.74) is 0. The van der Waals surface area contributed by atoms with E-state index in [0.29, 0.717) is 6.10 Å². The third-order valence-electron chi connectivity index (χ3n) is 0.641. The zero-order valence-corrected chi connectivity index (χ0v) is 4.22. The second-order valence-corrected chi connectivity index (χ2v) is 1.06. The number of hydrogen-bond donors (Lipinski definition) is 2. The fourth-order valence-corrected chi connectivity index (χ4v) is 0.179. The minimum absolute atomic E-state index is 0.201. The molecule has 1 radical (unpaired) electrons. The van der Waals surface area contributed by atoms with Gasteiger partial charge in [-0.2, -0.15) is 0 Å². The van der Waals surface area contributed by atoms with Crippen molar-refractivity contribution in [2.24, 2.45) is 0 Å². The van der Waals surface area contributed by atoms with Crippen molar-refractivity contribution in [1.29, 1.82) is 0 Å². The van der Waals surface area contributed by atoms with Crippen molar-refractivity contribution in [2.75, 3.05) is 20.3 Å². The Kier molecular flexibility index (Phi) is 3.98. The summed E-state index contributed by atoms with van der Waals surface area (Å²) in [5, 5.41) is 16.4. The summed E-state index contributed by atoms with van der Waals surface area (Å²) in [7, 11) is 1.40. The van der Waals surface area contributed by atoms with E-state index in [0.717, 1.165) is 0 Å². The lowest BCUT2D eigenvalue weighted by Gasteiger charge is -2.03. The van der Waals surface area contributed by atoms with Crippen molar-refractivity contribution in [2.45, 2.75) is 0 Å². The number of ether oxygens (including phenoxy) is 1. The van der Waals surface area contributed by atoms with Gasteiger partial charge >= 0.3 is 0 Å². The maximum Gasteiger partial charge on any atom is 0.147 e. The van der Waals surface area contributed by atoms with Crippen LogP contribution in [0.4, 0.5) is 0 Å². The van der Waals surface area contributed by atoms with Crippen molar-refractivity contribution in [3.05, 3.63) is 6.10 Å². The molecule has 0 aliphatic rings. The van der Waals surface area contributed by atoms with E-state index >= 15 is 0 Å². The minimum atomic E-state index is -0.201. The molecule has 2 N–H and O–H groups in total. The molecule has 0 amide bonds. The van der Waals surface area contributed by atoms with E-state index < -0.39 is 0 Å². The van der Waals surface area contributed by atoms with Crippen LogP contribution in [0.15, 0.2) is 0 Å². The molecule has 0 fully saturated rings. The monoisotopic (exact) mass is 105 g/mol. The van der Waals surface area contributed by atoms with Gasteiger partial charge in [-0.05, 0) is 0 Å². The van der Waals surface area contributed by atoms with E-state index in [4.69, 9.17) is 10.2 Å². The maximum absolute atomic E-state index is 8.20. The highest BCUT2D eigenvalue weighted by Crippen LogP contribution is 1.93. The molecule has 0 heterocycles.